The highest BCUT2D eigenvalue weighted by Crippen LogP contribution is 2.20. The molecule has 0 N–H and O–H groups in total. The molecule has 94 valence electrons. The Kier molecular flexibility index (Phi) is 3.77. The zero-order chi connectivity index (χ0) is 12.9. The lowest BCUT2D eigenvalue weighted by Gasteiger charge is -2.04. The Balaban J connectivity index is 1.65. The Bertz CT molecular complexity index is 670. The zero-order valence-corrected chi connectivity index (χ0v) is 11.1. The summed E-state index contributed by atoms with van der Waals surface area (Å²) in [5.41, 5.74) is 1.95. The van der Waals surface area contributed by atoms with Crippen LogP contribution in [-0.4, -0.2) is 4.98 Å². The number of para-hydroxylation sites is 1. The van der Waals surface area contributed by atoms with Crippen LogP contribution in [0.25, 0.3) is 10.9 Å². The first-order valence-corrected chi connectivity index (χ1v) is 6.85. The number of aromatic nitrogens is 1. The van der Waals surface area contributed by atoms with Crippen molar-refractivity contribution in [1.29, 1.82) is 0 Å². The zero-order valence-electron chi connectivity index (χ0n) is 10.3. The van der Waals surface area contributed by atoms with Gasteiger partial charge in [-0.2, -0.15) is 0 Å². The predicted octanol–water partition coefficient (Wildman–Crippen LogP) is 4.46. The summed E-state index contributed by atoms with van der Waals surface area (Å²) >= 11 is 1.38. The van der Waals surface area contributed by atoms with Gasteiger partial charge in [-0.05, 0) is 24.3 Å². The maximum atomic E-state index is 5.61. The maximum Gasteiger partial charge on any atom is 0.104 e. The van der Waals surface area contributed by atoms with Crippen LogP contribution in [-0.2, 0) is 10.8 Å². The fraction of sp³-hybridized carbons (Fsp3) is 0.0625. The highest BCUT2D eigenvalue weighted by atomic mass is 32.2. The summed E-state index contributed by atoms with van der Waals surface area (Å²) in [4.78, 5) is 5.67. The highest BCUT2D eigenvalue weighted by molar-refractivity contribution is 7.94. The van der Waals surface area contributed by atoms with Crippen LogP contribution in [0, 0.1) is 0 Å². The summed E-state index contributed by atoms with van der Waals surface area (Å²) < 4.78 is 5.61. The molecular formula is C16H13NOS. The van der Waals surface area contributed by atoms with Crippen molar-refractivity contribution in [1.82, 2.24) is 4.98 Å². The monoisotopic (exact) mass is 267 g/mol. The molecule has 3 rings (SSSR count). The molecular weight excluding hydrogens is 254 g/mol. The number of pyridine rings is 1. The number of rotatable bonds is 4. The minimum atomic E-state index is 0.504. The molecule has 0 unspecified atom stereocenters. The molecule has 0 saturated heterocycles. The molecule has 0 saturated carbocycles. The molecule has 1 heterocycles. The first-order chi connectivity index (χ1) is 9.42. The Morgan fingerprint density at radius 2 is 1.63 bits per heavy atom. The van der Waals surface area contributed by atoms with Crippen LogP contribution in [0.4, 0.5) is 0 Å². The van der Waals surface area contributed by atoms with Crippen LogP contribution >= 0.6 is 12.0 Å². The Morgan fingerprint density at radius 3 is 2.53 bits per heavy atom. The third-order valence-corrected chi connectivity index (χ3v) is 3.46. The summed E-state index contributed by atoms with van der Waals surface area (Å²) in [5.74, 6) is 0. The third kappa shape index (κ3) is 3.13. The molecule has 2 nitrogen and oxygen atoms in total. The second-order valence-electron chi connectivity index (χ2n) is 4.15. The van der Waals surface area contributed by atoms with E-state index in [1.54, 1.807) is 0 Å². The van der Waals surface area contributed by atoms with Gasteiger partial charge in [0.2, 0.25) is 0 Å². The van der Waals surface area contributed by atoms with Crippen LogP contribution < -0.4 is 0 Å². The molecule has 0 fully saturated rings. The largest absolute Gasteiger partial charge is 0.304 e. The van der Waals surface area contributed by atoms with Gasteiger partial charge in [-0.15, -0.1) is 0 Å². The molecule has 0 amide bonds. The van der Waals surface area contributed by atoms with Crippen molar-refractivity contribution < 1.29 is 4.18 Å². The van der Waals surface area contributed by atoms with E-state index in [1.807, 2.05) is 54.6 Å². The van der Waals surface area contributed by atoms with Crippen molar-refractivity contribution in [2.24, 2.45) is 0 Å². The summed E-state index contributed by atoms with van der Waals surface area (Å²) in [6.07, 6.45) is 0. The van der Waals surface area contributed by atoms with E-state index in [9.17, 15) is 0 Å². The van der Waals surface area contributed by atoms with Crippen molar-refractivity contribution in [2.45, 2.75) is 11.5 Å². The van der Waals surface area contributed by atoms with Gasteiger partial charge in [0, 0.05) is 22.3 Å². The van der Waals surface area contributed by atoms with E-state index in [2.05, 4.69) is 17.1 Å². The van der Waals surface area contributed by atoms with Crippen molar-refractivity contribution in [3.8, 4) is 0 Å². The first-order valence-electron chi connectivity index (χ1n) is 6.11. The van der Waals surface area contributed by atoms with Crippen molar-refractivity contribution in [2.75, 3.05) is 0 Å². The number of nitrogens with zero attached hydrogens (tertiary/aromatic N) is 1. The van der Waals surface area contributed by atoms with Crippen LogP contribution in [0.2, 0.25) is 0 Å². The normalized spacial score (nSPS) is 10.7. The number of fused-ring (bicyclic) bond motifs is 1. The predicted molar refractivity (Wildman–Crippen MR) is 78.8 cm³/mol. The third-order valence-electron chi connectivity index (χ3n) is 2.76. The van der Waals surface area contributed by atoms with E-state index in [1.165, 1.54) is 12.0 Å². The molecule has 0 spiro atoms. The van der Waals surface area contributed by atoms with Gasteiger partial charge < -0.3 is 4.18 Å². The second-order valence-corrected chi connectivity index (χ2v) is 5.03. The maximum absolute atomic E-state index is 5.61. The number of benzene rings is 2. The first kappa shape index (κ1) is 12.2. The average molecular weight is 267 g/mol. The molecule has 3 heteroatoms. The van der Waals surface area contributed by atoms with Crippen LogP contribution in [0.3, 0.4) is 0 Å². The second kappa shape index (κ2) is 5.87. The molecule has 0 atom stereocenters. The summed E-state index contributed by atoms with van der Waals surface area (Å²) in [6, 6.07) is 22.2. The number of hydrogen-bond acceptors (Lipinski definition) is 3. The Labute approximate surface area is 116 Å². The van der Waals surface area contributed by atoms with Gasteiger partial charge in [0.25, 0.3) is 0 Å². The fourth-order valence-electron chi connectivity index (χ4n) is 1.82. The van der Waals surface area contributed by atoms with Gasteiger partial charge in [-0.25, -0.2) is 0 Å². The smallest absolute Gasteiger partial charge is 0.104 e. The van der Waals surface area contributed by atoms with E-state index < -0.39 is 0 Å². The molecule has 0 aliphatic rings. The standard InChI is InChI=1S/C16H13NOS/c1-2-7-15(8-3-1)19-18-12-14-11-10-13-6-4-5-9-16(13)17-14/h1-11H,12H2. The average Bonchev–Trinajstić information content (AvgIpc) is 2.48. The van der Waals surface area contributed by atoms with Crippen molar-refractivity contribution in [3.63, 3.8) is 0 Å². The van der Waals surface area contributed by atoms with Crippen LogP contribution in [0.5, 0.6) is 0 Å². The van der Waals surface area contributed by atoms with Gasteiger partial charge in [0.15, 0.2) is 0 Å². The van der Waals surface area contributed by atoms with E-state index in [0.717, 1.165) is 21.5 Å². The van der Waals surface area contributed by atoms with Crippen LogP contribution in [0.15, 0.2) is 71.6 Å². The number of hydrogen-bond donors (Lipinski definition) is 0. The van der Waals surface area contributed by atoms with Crippen LogP contribution in [0.1, 0.15) is 5.69 Å². The lowest BCUT2D eigenvalue weighted by molar-refractivity contribution is 0.358. The summed E-state index contributed by atoms with van der Waals surface area (Å²) in [6.45, 7) is 0.504. The molecule has 19 heavy (non-hydrogen) atoms. The minimum Gasteiger partial charge on any atom is -0.304 e. The molecule has 3 aromatic rings. The Morgan fingerprint density at radius 1 is 0.842 bits per heavy atom. The van der Waals surface area contributed by atoms with E-state index >= 15 is 0 Å². The lowest BCUT2D eigenvalue weighted by atomic mass is 10.2. The SMILES string of the molecule is c1ccc(SOCc2ccc3ccccc3n2)cc1. The minimum absolute atomic E-state index is 0.504. The molecule has 1 aromatic heterocycles. The van der Waals surface area contributed by atoms with Crippen molar-refractivity contribution >= 4 is 22.9 Å². The van der Waals surface area contributed by atoms with E-state index in [0.29, 0.717) is 6.61 Å². The fourth-order valence-corrected chi connectivity index (χ4v) is 2.41. The van der Waals surface area contributed by atoms with Gasteiger partial charge in [-0.3, -0.25) is 4.98 Å². The van der Waals surface area contributed by atoms with E-state index in [-0.39, 0.29) is 0 Å². The summed E-state index contributed by atoms with van der Waals surface area (Å²) in [7, 11) is 0. The van der Waals surface area contributed by atoms with E-state index in [4.69, 9.17) is 4.18 Å². The molecule has 0 bridgehead atoms. The quantitative estimate of drug-likeness (QED) is 0.652. The van der Waals surface area contributed by atoms with Gasteiger partial charge >= 0.3 is 0 Å². The summed E-state index contributed by atoms with van der Waals surface area (Å²) in [5, 5.41) is 1.15. The van der Waals surface area contributed by atoms with Crippen molar-refractivity contribution in [3.05, 3.63) is 72.4 Å². The molecule has 0 radical (unpaired) electrons. The lowest BCUT2D eigenvalue weighted by Crippen LogP contribution is -1.91. The topological polar surface area (TPSA) is 22.1 Å². The molecule has 2 aromatic carbocycles. The Hall–Kier alpha value is -1.84. The highest BCUT2D eigenvalue weighted by Gasteiger charge is 1.99. The van der Waals surface area contributed by atoms with Gasteiger partial charge in [0.05, 0.1) is 11.2 Å². The molecule has 0 aliphatic carbocycles. The van der Waals surface area contributed by atoms with Gasteiger partial charge in [0.1, 0.15) is 6.61 Å². The molecule has 0 aliphatic heterocycles. The van der Waals surface area contributed by atoms with Gasteiger partial charge in [-0.1, -0.05) is 42.5 Å².